The van der Waals surface area contributed by atoms with Crippen LogP contribution in [-0.2, 0) is 14.6 Å². The molecule has 5 heteroatoms. The highest BCUT2D eigenvalue weighted by molar-refractivity contribution is 7.91. The van der Waals surface area contributed by atoms with Gasteiger partial charge in [-0.1, -0.05) is 20.8 Å². The molecule has 0 amide bonds. The van der Waals surface area contributed by atoms with Crippen LogP contribution < -0.4 is 5.32 Å². The molecule has 2 atom stereocenters. The van der Waals surface area contributed by atoms with Crippen LogP contribution in [0.15, 0.2) is 0 Å². The van der Waals surface area contributed by atoms with Crippen LogP contribution in [0, 0.1) is 11.8 Å². The van der Waals surface area contributed by atoms with E-state index in [-0.39, 0.29) is 0 Å². The Morgan fingerprint density at radius 2 is 2.05 bits per heavy atom. The maximum atomic E-state index is 11.6. The molecule has 1 N–H and O–H groups in total. The minimum atomic E-state index is -2.78. The summed E-state index contributed by atoms with van der Waals surface area (Å²) in [5.74, 6) is 1.45. The Hall–Kier alpha value is -0.130. The Labute approximate surface area is 118 Å². The molecular weight excluding hydrogens is 262 g/mol. The number of nitrogens with one attached hydrogen (secondary N) is 1. The van der Waals surface area contributed by atoms with Crippen molar-refractivity contribution >= 4 is 9.84 Å². The van der Waals surface area contributed by atoms with Crippen molar-refractivity contribution < 1.29 is 13.2 Å². The number of rotatable bonds is 9. The number of sulfone groups is 1. The van der Waals surface area contributed by atoms with Gasteiger partial charge in [0, 0.05) is 19.3 Å². The summed E-state index contributed by atoms with van der Waals surface area (Å²) in [4.78, 5) is 0. The quantitative estimate of drug-likeness (QED) is 0.659. The molecule has 1 saturated heterocycles. The molecule has 0 aromatic heterocycles. The van der Waals surface area contributed by atoms with Crippen molar-refractivity contribution in [3.63, 3.8) is 0 Å². The van der Waals surface area contributed by atoms with Gasteiger partial charge >= 0.3 is 0 Å². The van der Waals surface area contributed by atoms with Crippen LogP contribution in [0.4, 0.5) is 0 Å². The Bertz CT molecular complexity index is 341. The van der Waals surface area contributed by atoms with Crippen LogP contribution in [0.1, 0.15) is 40.0 Å². The highest BCUT2D eigenvalue weighted by atomic mass is 32.2. The molecule has 0 spiro atoms. The normalized spacial score (nSPS) is 23.9. The maximum absolute atomic E-state index is 11.6. The SMILES string of the molecule is CCCOCCC(CNC(C)C)C1CCS(=O)(=O)C1. The topological polar surface area (TPSA) is 55.4 Å². The molecule has 0 saturated carbocycles. The van der Waals surface area contributed by atoms with E-state index in [0.29, 0.717) is 29.4 Å². The summed E-state index contributed by atoms with van der Waals surface area (Å²) in [5, 5.41) is 3.44. The van der Waals surface area contributed by atoms with E-state index in [0.717, 1.165) is 39.0 Å². The van der Waals surface area contributed by atoms with Gasteiger partial charge in [-0.2, -0.15) is 0 Å². The second-order valence-corrected chi connectivity index (χ2v) is 8.12. The third kappa shape index (κ3) is 6.72. The van der Waals surface area contributed by atoms with Crippen molar-refractivity contribution in [1.29, 1.82) is 0 Å². The van der Waals surface area contributed by atoms with Crippen molar-refractivity contribution in [1.82, 2.24) is 5.32 Å². The highest BCUT2D eigenvalue weighted by Gasteiger charge is 2.33. The molecule has 1 heterocycles. The lowest BCUT2D eigenvalue weighted by molar-refractivity contribution is 0.111. The number of ether oxygens (including phenoxy) is 1. The van der Waals surface area contributed by atoms with Gasteiger partial charge in [0.1, 0.15) is 0 Å². The van der Waals surface area contributed by atoms with Crippen LogP contribution >= 0.6 is 0 Å². The first-order chi connectivity index (χ1) is 8.94. The van der Waals surface area contributed by atoms with Gasteiger partial charge < -0.3 is 10.1 Å². The fourth-order valence-corrected chi connectivity index (χ4v) is 4.49. The number of hydrogen-bond donors (Lipinski definition) is 1. The van der Waals surface area contributed by atoms with E-state index in [1.165, 1.54) is 0 Å². The first kappa shape index (κ1) is 16.9. The predicted octanol–water partition coefficient (Wildman–Crippen LogP) is 1.85. The Morgan fingerprint density at radius 1 is 1.32 bits per heavy atom. The van der Waals surface area contributed by atoms with Gasteiger partial charge in [0.05, 0.1) is 11.5 Å². The van der Waals surface area contributed by atoms with Crippen molar-refractivity contribution in [3.8, 4) is 0 Å². The Kier molecular flexibility index (Phi) is 7.32. The summed E-state index contributed by atoms with van der Waals surface area (Å²) in [6.45, 7) is 8.78. The Morgan fingerprint density at radius 3 is 2.58 bits per heavy atom. The monoisotopic (exact) mass is 291 g/mol. The molecule has 2 unspecified atom stereocenters. The molecule has 1 aliphatic rings. The lowest BCUT2D eigenvalue weighted by Gasteiger charge is -2.24. The van der Waals surface area contributed by atoms with Crippen molar-refractivity contribution in [3.05, 3.63) is 0 Å². The van der Waals surface area contributed by atoms with Gasteiger partial charge in [0.15, 0.2) is 9.84 Å². The summed E-state index contributed by atoms with van der Waals surface area (Å²) >= 11 is 0. The second kappa shape index (κ2) is 8.22. The molecule has 1 fully saturated rings. The van der Waals surface area contributed by atoms with E-state index in [2.05, 4.69) is 26.1 Å². The van der Waals surface area contributed by atoms with Gasteiger partial charge in [0.2, 0.25) is 0 Å². The molecule has 0 aromatic rings. The second-order valence-electron chi connectivity index (χ2n) is 5.89. The van der Waals surface area contributed by atoms with Gasteiger partial charge in [-0.3, -0.25) is 0 Å². The van der Waals surface area contributed by atoms with Gasteiger partial charge in [-0.15, -0.1) is 0 Å². The highest BCUT2D eigenvalue weighted by Crippen LogP contribution is 2.28. The molecule has 4 nitrogen and oxygen atoms in total. The average molecular weight is 291 g/mol. The van der Waals surface area contributed by atoms with E-state index in [4.69, 9.17) is 4.74 Å². The van der Waals surface area contributed by atoms with E-state index in [1.807, 2.05) is 0 Å². The lowest BCUT2D eigenvalue weighted by atomic mass is 9.89. The van der Waals surface area contributed by atoms with Crippen LogP contribution in [-0.4, -0.2) is 45.7 Å². The van der Waals surface area contributed by atoms with E-state index in [9.17, 15) is 8.42 Å². The minimum absolute atomic E-state index is 0.307. The summed E-state index contributed by atoms with van der Waals surface area (Å²) in [5.41, 5.74) is 0. The van der Waals surface area contributed by atoms with Gasteiger partial charge in [-0.25, -0.2) is 8.42 Å². The molecule has 1 aliphatic heterocycles. The van der Waals surface area contributed by atoms with Gasteiger partial charge in [-0.05, 0) is 37.6 Å². The first-order valence-electron chi connectivity index (χ1n) is 7.46. The Balaban J connectivity index is 2.44. The lowest BCUT2D eigenvalue weighted by Crippen LogP contribution is -2.33. The van der Waals surface area contributed by atoms with E-state index >= 15 is 0 Å². The van der Waals surface area contributed by atoms with Crippen LogP contribution in [0.5, 0.6) is 0 Å². The van der Waals surface area contributed by atoms with Crippen molar-refractivity contribution in [2.24, 2.45) is 11.8 Å². The number of hydrogen-bond acceptors (Lipinski definition) is 4. The molecule has 0 aromatic carbocycles. The third-order valence-electron chi connectivity index (χ3n) is 3.70. The first-order valence-corrected chi connectivity index (χ1v) is 9.28. The van der Waals surface area contributed by atoms with E-state index in [1.54, 1.807) is 0 Å². The van der Waals surface area contributed by atoms with Crippen molar-refractivity contribution in [2.45, 2.75) is 46.1 Å². The fourth-order valence-electron chi connectivity index (χ4n) is 2.57. The zero-order valence-corrected chi connectivity index (χ0v) is 13.3. The molecule has 1 rings (SSSR count). The molecule has 0 bridgehead atoms. The largest absolute Gasteiger partial charge is 0.381 e. The molecule has 114 valence electrons. The van der Waals surface area contributed by atoms with Gasteiger partial charge in [0.25, 0.3) is 0 Å². The molecule has 19 heavy (non-hydrogen) atoms. The van der Waals surface area contributed by atoms with Crippen LogP contribution in [0.2, 0.25) is 0 Å². The third-order valence-corrected chi connectivity index (χ3v) is 5.50. The standard InChI is InChI=1S/C14H29NO3S/c1-4-7-18-8-5-13(10-15-12(2)3)14-6-9-19(16,17)11-14/h12-15H,4-11H2,1-3H3. The smallest absolute Gasteiger partial charge is 0.150 e. The zero-order valence-electron chi connectivity index (χ0n) is 12.5. The average Bonchev–Trinajstić information content (AvgIpc) is 2.68. The summed E-state index contributed by atoms with van der Waals surface area (Å²) in [6.07, 6.45) is 2.81. The van der Waals surface area contributed by atoms with Crippen LogP contribution in [0.25, 0.3) is 0 Å². The molecule has 0 radical (unpaired) electrons. The predicted molar refractivity (Wildman–Crippen MR) is 79.1 cm³/mol. The van der Waals surface area contributed by atoms with E-state index < -0.39 is 9.84 Å². The molecular formula is C14H29NO3S. The summed E-state index contributed by atoms with van der Waals surface area (Å²) in [6, 6.07) is 0.442. The maximum Gasteiger partial charge on any atom is 0.150 e. The van der Waals surface area contributed by atoms with Crippen LogP contribution in [0.3, 0.4) is 0 Å². The minimum Gasteiger partial charge on any atom is -0.381 e. The zero-order chi connectivity index (χ0) is 14.3. The summed E-state index contributed by atoms with van der Waals surface area (Å²) in [7, 11) is -2.78. The molecule has 0 aliphatic carbocycles. The van der Waals surface area contributed by atoms with Crippen molar-refractivity contribution in [2.75, 3.05) is 31.3 Å². The summed E-state index contributed by atoms with van der Waals surface area (Å²) < 4.78 is 28.8. The fraction of sp³-hybridized carbons (Fsp3) is 1.00.